The molecule has 4 nitrogen and oxygen atoms in total. The van der Waals surface area contributed by atoms with Crippen LogP contribution in [0.1, 0.15) is 18.0 Å². The molecule has 6 heteroatoms. The fraction of sp³-hybridized carbons (Fsp3) is 0.333. The number of nitrogens with one attached hydrogen (secondary N) is 1. The third kappa shape index (κ3) is 2.11. The fourth-order valence-corrected chi connectivity index (χ4v) is 2.57. The first-order valence-electron chi connectivity index (χ1n) is 4.46. The maximum absolute atomic E-state index is 5.15. The zero-order valence-electron chi connectivity index (χ0n) is 8.32. The zero-order valence-corrected chi connectivity index (χ0v) is 10.7. The number of nitrogens with zero attached hydrogens (tertiary/aromatic N) is 2. The summed E-state index contributed by atoms with van der Waals surface area (Å²) in [6.07, 6.45) is 1.63. The van der Waals surface area contributed by atoms with E-state index in [0.29, 0.717) is 4.67 Å². The van der Waals surface area contributed by atoms with Gasteiger partial charge in [0, 0.05) is 0 Å². The third-order valence-corrected chi connectivity index (χ3v) is 3.85. The summed E-state index contributed by atoms with van der Waals surface area (Å²) in [5.74, 6) is 0. The van der Waals surface area contributed by atoms with Crippen molar-refractivity contribution < 1.29 is 4.42 Å². The second-order valence-corrected chi connectivity index (χ2v) is 4.79. The minimum absolute atomic E-state index is 0.224. The summed E-state index contributed by atoms with van der Waals surface area (Å²) in [5.41, 5.74) is 0.946. The van der Waals surface area contributed by atoms with Gasteiger partial charge in [0.15, 0.2) is 9.68 Å². The van der Waals surface area contributed by atoms with Gasteiger partial charge >= 0.3 is 0 Å². The van der Waals surface area contributed by atoms with Gasteiger partial charge in [-0.05, 0) is 36.0 Å². The summed E-state index contributed by atoms with van der Waals surface area (Å²) in [5, 5.41) is 13.2. The summed E-state index contributed by atoms with van der Waals surface area (Å²) in [7, 11) is 1.90. The van der Waals surface area contributed by atoms with Gasteiger partial charge in [-0.2, -0.15) is 0 Å². The van der Waals surface area contributed by atoms with Crippen LogP contribution < -0.4 is 5.32 Å². The van der Waals surface area contributed by atoms with Crippen LogP contribution in [-0.2, 0) is 0 Å². The molecule has 2 aromatic rings. The highest BCUT2D eigenvalue weighted by molar-refractivity contribution is 9.10. The predicted molar refractivity (Wildman–Crippen MR) is 62.8 cm³/mol. The lowest BCUT2D eigenvalue weighted by Crippen LogP contribution is -2.11. The van der Waals surface area contributed by atoms with Crippen molar-refractivity contribution in [3.63, 3.8) is 0 Å². The van der Waals surface area contributed by atoms with Crippen LogP contribution in [0.15, 0.2) is 21.4 Å². The summed E-state index contributed by atoms with van der Waals surface area (Å²) in [4.78, 5) is 0. The Morgan fingerprint density at radius 3 is 2.93 bits per heavy atom. The Kier molecular flexibility index (Phi) is 3.18. The Bertz CT molecular complexity index is 454. The van der Waals surface area contributed by atoms with Crippen molar-refractivity contribution in [2.45, 2.75) is 13.0 Å². The molecule has 1 atom stereocenters. The Hall–Kier alpha value is -0.720. The highest BCUT2D eigenvalue weighted by Crippen LogP contribution is 2.32. The van der Waals surface area contributed by atoms with Crippen LogP contribution in [0.2, 0.25) is 0 Å². The van der Waals surface area contributed by atoms with Gasteiger partial charge in [0.05, 0.1) is 17.9 Å². The van der Waals surface area contributed by atoms with Crippen LogP contribution in [0.25, 0.3) is 10.6 Å². The molecule has 0 aromatic carbocycles. The lowest BCUT2D eigenvalue weighted by Gasteiger charge is -2.02. The summed E-state index contributed by atoms with van der Waals surface area (Å²) >= 11 is 4.89. The summed E-state index contributed by atoms with van der Waals surface area (Å²) in [6.45, 7) is 2.05. The highest BCUT2D eigenvalue weighted by atomic mass is 79.9. The van der Waals surface area contributed by atoms with Gasteiger partial charge in [0.25, 0.3) is 0 Å². The number of aromatic nitrogens is 2. The van der Waals surface area contributed by atoms with Crippen molar-refractivity contribution in [1.29, 1.82) is 0 Å². The Balaban J connectivity index is 2.32. The molecule has 0 amide bonds. The first-order chi connectivity index (χ1) is 7.22. The van der Waals surface area contributed by atoms with E-state index in [1.807, 2.05) is 13.1 Å². The maximum atomic E-state index is 5.15. The normalized spacial score (nSPS) is 13.0. The van der Waals surface area contributed by atoms with Crippen molar-refractivity contribution in [3.05, 3.63) is 22.0 Å². The van der Waals surface area contributed by atoms with E-state index >= 15 is 0 Å². The number of hydrogen-bond donors (Lipinski definition) is 1. The Morgan fingerprint density at radius 1 is 1.53 bits per heavy atom. The van der Waals surface area contributed by atoms with Crippen molar-refractivity contribution >= 4 is 27.3 Å². The van der Waals surface area contributed by atoms with Gasteiger partial charge in [-0.3, -0.25) is 0 Å². The van der Waals surface area contributed by atoms with E-state index in [4.69, 9.17) is 4.42 Å². The van der Waals surface area contributed by atoms with Crippen molar-refractivity contribution in [2.75, 3.05) is 7.05 Å². The number of rotatable bonds is 3. The topological polar surface area (TPSA) is 51.0 Å². The Labute approximate surface area is 99.8 Å². The van der Waals surface area contributed by atoms with Gasteiger partial charge in [-0.1, -0.05) is 11.3 Å². The molecule has 0 fully saturated rings. The lowest BCUT2D eigenvalue weighted by atomic mass is 10.4. The van der Waals surface area contributed by atoms with Crippen LogP contribution in [0.3, 0.4) is 0 Å². The van der Waals surface area contributed by atoms with Crippen molar-refractivity contribution in [3.8, 4) is 10.6 Å². The van der Waals surface area contributed by atoms with E-state index < -0.39 is 0 Å². The smallest absolute Gasteiger partial charge is 0.179 e. The zero-order chi connectivity index (χ0) is 10.8. The minimum atomic E-state index is 0.224. The van der Waals surface area contributed by atoms with Crippen LogP contribution in [-0.4, -0.2) is 17.2 Å². The molecule has 1 N–H and O–H groups in total. The highest BCUT2D eigenvalue weighted by Gasteiger charge is 2.14. The number of halogens is 1. The largest absolute Gasteiger partial charge is 0.457 e. The summed E-state index contributed by atoms with van der Waals surface area (Å²) in [6, 6.07) is 2.10. The average Bonchev–Trinajstić information content (AvgIpc) is 2.84. The van der Waals surface area contributed by atoms with E-state index in [9.17, 15) is 0 Å². The monoisotopic (exact) mass is 287 g/mol. The molecular weight excluding hydrogens is 278 g/mol. The van der Waals surface area contributed by atoms with Gasteiger partial charge in [0.1, 0.15) is 5.01 Å². The molecule has 0 spiro atoms. The average molecular weight is 288 g/mol. The van der Waals surface area contributed by atoms with E-state index in [0.717, 1.165) is 15.6 Å². The van der Waals surface area contributed by atoms with Crippen LogP contribution in [0.5, 0.6) is 0 Å². The molecule has 2 rings (SSSR count). The molecule has 1 unspecified atom stereocenters. The van der Waals surface area contributed by atoms with E-state index in [1.54, 1.807) is 17.6 Å². The van der Waals surface area contributed by atoms with Crippen molar-refractivity contribution in [1.82, 2.24) is 15.5 Å². The number of hydrogen-bond acceptors (Lipinski definition) is 5. The van der Waals surface area contributed by atoms with Crippen LogP contribution >= 0.6 is 27.3 Å². The molecule has 80 valence electrons. The number of furan rings is 1. The minimum Gasteiger partial charge on any atom is -0.457 e. The quantitative estimate of drug-likeness (QED) is 0.943. The van der Waals surface area contributed by atoms with Gasteiger partial charge in [-0.25, -0.2) is 0 Å². The second-order valence-electron chi connectivity index (χ2n) is 3.06. The molecule has 0 saturated heterocycles. The predicted octanol–water partition coefficient (Wildman–Crippen LogP) is 2.84. The van der Waals surface area contributed by atoms with Gasteiger partial charge in [-0.15, -0.1) is 10.2 Å². The molecule has 2 aromatic heterocycles. The standard InChI is InChI=1S/C9H10BrN3OS/c1-5(11-2)8-12-13-9(15-8)6-3-4-14-7(6)10/h3-5,11H,1-2H3. The Morgan fingerprint density at radius 2 is 2.33 bits per heavy atom. The lowest BCUT2D eigenvalue weighted by molar-refractivity contribution is 0.542. The maximum Gasteiger partial charge on any atom is 0.179 e. The second kappa shape index (κ2) is 4.42. The fourth-order valence-electron chi connectivity index (χ4n) is 1.09. The first kappa shape index (κ1) is 10.8. The SMILES string of the molecule is CNC(C)c1nnc(-c2ccoc2Br)s1. The third-order valence-electron chi connectivity index (χ3n) is 2.09. The van der Waals surface area contributed by atoms with E-state index in [1.165, 1.54) is 0 Å². The molecule has 0 aliphatic heterocycles. The van der Waals surface area contributed by atoms with Crippen LogP contribution in [0, 0.1) is 0 Å². The molecule has 15 heavy (non-hydrogen) atoms. The van der Waals surface area contributed by atoms with E-state index in [-0.39, 0.29) is 6.04 Å². The summed E-state index contributed by atoms with van der Waals surface area (Å²) < 4.78 is 5.85. The van der Waals surface area contributed by atoms with Gasteiger partial charge in [0.2, 0.25) is 0 Å². The molecule has 0 saturated carbocycles. The molecule has 0 aliphatic carbocycles. The van der Waals surface area contributed by atoms with Crippen LogP contribution in [0.4, 0.5) is 0 Å². The van der Waals surface area contributed by atoms with Gasteiger partial charge < -0.3 is 9.73 Å². The molecule has 0 radical (unpaired) electrons. The molecule has 0 aliphatic rings. The molecular formula is C9H10BrN3OS. The molecule has 0 bridgehead atoms. The van der Waals surface area contributed by atoms with E-state index in [2.05, 4.69) is 38.4 Å². The molecule has 2 heterocycles. The van der Waals surface area contributed by atoms with Crippen molar-refractivity contribution in [2.24, 2.45) is 0 Å². The first-order valence-corrected chi connectivity index (χ1v) is 6.07.